The van der Waals surface area contributed by atoms with Gasteiger partial charge in [0.05, 0.1) is 6.20 Å². The second kappa shape index (κ2) is 8.58. The maximum Gasteiger partial charge on any atom is 0.326 e. The van der Waals surface area contributed by atoms with Gasteiger partial charge in [-0.1, -0.05) is 17.7 Å². The van der Waals surface area contributed by atoms with Crippen LogP contribution < -0.4 is 10.6 Å². The first-order valence-electron chi connectivity index (χ1n) is 8.69. The van der Waals surface area contributed by atoms with Crippen LogP contribution in [0.4, 0.5) is 20.8 Å². The quantitative estimate of drug-likeness (QED) is 0.505. The summed E-state index contributed by atoms with van der Waals surface area (Å²) in [6, 6.07) is 11.0. The molecular formula is C20H13ClFN7O. The van der Waals surface area contributed by atoms with Crippen LogP contribution >= 0.6 is 11.6 Å². The van der Waals surface area contributed by atoms with Crippen LogP contribution in [0, 0.1) is 5.82 Å². The molecule has 0 spiro atoms. The Morgan fingerprint density at radius 3 is 2.57 bits per heavy atom. The molecule has 0 radical (unpaired) electrons. The Labute approximate surface area is 175 Å². The fourth-order valence-electron chi connectivity index (χ4n) is 2.66. The Bertz CT molecular complexity index is 1210. The molecule has 3 heterocycles. The first-order chi connectivity index (χ1) is 14.6. The van der Waals surface area contributed by atoms with Crippen molar-refractivity contribution < 1.29 is 9.18 Å². The van der Waals surface area contributed by atoms with E-state index in [4.69, 9.17) is 11.6 Å². The first-order valence-corrected chi connectivity index (χ1v) is 9.06. The summed E-state index contributed by atoms with van der Waals surface area (Å²) in [5.74, 6) is -0.634. The molecule has 0 saturated heterocycles. The Morgan fingerprint density at radius 2 is 1.80 bits per heavy atom. The molecule has 0 aliphatic carbocycles. The van der Waals surface area contributed by atoms with E-state index in [1.165, 1.54) is 12.3 Å². The van der Waals surface area contributed by atoms with Gasteiger partial charge in [-0.3, -0.25) is 15.3 Å². The minimum Gasteiger partial charge on any atom is -0.308 e. The van der Waals surface area contributed by atoms with Crippen molar-refractivity contribution in [2.75, 3.05) is 10.6 Å². The molecule has 30 heavy (non-hydrogen) atoms. The number of nitrogens with zero attached hydrogens (tertiary/aromatic N) is 5. The van der Waals surface area contributed by atoms with Crippen molar-refractivity contribution in [3.8, 4) is 22.5 Å². The van der Waals surface area contributed by atoms with Crippen LogP contribution in [-0.4, -0.2) is 31.2 Å². The number of carbonyl (C=O) groups excluding carboxylic acids is 1. The standard InChI is InChI=1S/C20H13ClFN7O/c21-13-4-1-5-14(9-13)25-20(30)27-19-26-17(12-3-2-7-23-10-12)18(28-29-19)15-6-8-24-11-16(15)22/h1-11H,(H2,25,26,27,29,30). The summed E-state index contributed by atoms with van der Waals surface area (Å²) in [6.07, 6.45) is 5.68. The van der Waals surface area contributed by atoms with Crippen molar-refractivity contribution in [1.82, 2.24) is 25.1 Å². The van der Waals surface area contributed by atoms with Crippen molar-refractivity contribution in [3.05, 3.63) is 78.1 Å². The van der Waals surface area contributed by atoms with Gasteiger partial charge in [-0.25, -0.2) is 14.2 Å². The van der Waals surface area contributed by atoms with E-state index in [1.807, 2.05) is 0 Å². The van der Waals surface area contributed by atoms with Crippen LogP contribution in [0.5, 0.6) is 0 Å². The van der Waals surface area contributed by atoms with E-state index in [9.17, 15) is 9.18 Å². The number of hydrogen-bond donors (Lipinski definition) is 2. The number of aromatic nitrogens is 5. The van der Waals surface area contributed by atoms with Crippen molar-refractivity contribution in [3.63, 3.8) is 0 Å². The number of carbonyl (C=O) groups is 1. The summed E-state index contributed by atoms with van der Waals surface area (Å²) in [5.41, 5.74) is 1.76. The average molecular weight is 422 g/mol. The lowest BCUT2D eigenvalue weighted by molar-refractivity contribution is 0.262. The Kier molecular flexibility index (Phi) is 5.53. The van der Waals surface area contributed by atoms with Gasteiger partial charge >= 0.3 is 6.03 Å². The lowest BCUT2D eigenvalue weighted by Crippen LogP contribution is -2.21. The number of anilines is 2. The normalized spacial score (nSPS) is 10.5. The number of benzene rings is 1. The predicted molar refractivity (Wildman–Crippen MR) is 110 cm³/mol. The molecule has 0 fully saturated rings. The van der Waals surface area contributed by atoms with Gasteiger partial charge in [-0.05, 0) is 36.4 Å². The number of nitrogens with one attached hydrogen (secondary N) is 2. The van der Waals surface area contributed by atoms with Gasteiger partial charge in [-0.15, -0.1) is 10.2 Å². The molecule has 10 heteroatoms. The topological polar surface area (TPSA) is 106 Å². The molecule has 0 bridgehead atoms. The van der Waals surface area contributed by atoms with E-state index in [2.05, 4.69) is 35.8 Å². The minimum atomic E-state index is -0.584. The second-order valence-corrected chi connectivity index (χ2v) is 6.46. The highest BCUT2D eigenvalue weighted by Crippen LogP contribution is 2.29. The van der Waals surface area contributed by atoms with E-state index in [0.717, 1.165) is 6.20 Å². The molecular weight excluding hydrogens is 409 g/mol. The van der Waals surface area contributed by atoms with E-state index in [0.29, 0.717) is 22.0 Å². The number of urea groups is 1. The molecule has 2 amide bonds. The molecule has 0 aliphatic heterocycles. The molecule has 0 saturated carbocycles. The monoisotopic (exact) mass is 421 g/mol. The Balaban J connectivity index is 1.67. The number of halogens is 2. The maximum absolute atomic E-state index is 14.3. The predicted octanol–water partition coefficient (Wildman–Crippen LogP) is 4.43. The summed E-state index contributed by atoms with van der Waals surface area (Å²) in [7, 11) is 0. The lowest BCUT2D eigenvalue weighted by Gasteiger charge is -2.11. The third-order valence-corrected chi connectivity index (χ3v) is 4.19. The van der Waals surface area contributed by atoms with Crippen molar-refractivity contribution >= 4 is 29.3 Å². The molecule has 3 aromatic heterocycles. The van der Waals surface area contributed by atoms with Crippen molar-refractivity contribution in [1.29, 1.82) is 0 Å². The molecule has 4 rings (SSSR count). The zero-order valence-electron chi connectivity index (χ0n) is 15.3. The van der Waals surface area contributed by atoms with E-state index in [1.54, 1.807) is 48.8 Å². The van der Waals surface area contributed by atoms with Gasteiger partial charge in [0.1, 0.15) is 11.4 Å². The zero-order chi connectivity index (χ0) is 20.9. The summed E-state index contributed by atoms with van der Waals surface area (Å²) < 4.78 is 14.3. The number of amides is 2. The Hall–Kier alpha value is -3.98. The van der Waals surface area contributed by atoms with Crippen molar-refractivity contribution in [2.45, 2.75) is 0 Å². The van der Waals surface area contributed by atoms with Gasteiger partial charge in [-0.2, -0.15) is 0 Å². The SMILES string of the molecule is O=C(Nc1cccc(Cl)c1)Nc1nnc(-c2ccncc2F)c(-c2cccnc2)n1. The van der Waals surface area contributed by atoms with Crippen LogP contribution in [0.3, 0.4) is 0 Å². The Morgan fingerprint density at radius 1 is 0.933 bits per heavy atom. The van der Waals surface area contributed by atoms with Crippen LogP contribution in [0.15, 0.2) is 67.3 Å². The molecule has 2 N–H and O–H groups in total. The molecule has 0 unspecified atom stereocenters. The van der Waals surface area contributed by atoms with Crippen molar-refractivity contribution in [2.24, 2.45) is 0 Å². The van der Waals surface area contributed by atoms with Crippen LogP contribution in [-0.2, 0) is 0 Å². The molecule has 8 nitrogen and oxygen atoms in total. The van der Waals surface area contributed by atoms with E-state index < -0.39 is 11.8 Å². The number of rotatable bonds is 4. The molecule has 0 atom stereocenters. The summed E-state index contributed by atoms with van der Waals surface area (Å²) >= 11 is 5.92. The highest BCUT2D eigenvalue weighted by Gasteiger charge is 2.18. The van der Waals surface area contributed by atoms with Gasteiger partial charge < -0.3 is 5.32 Å². The van der Waals surface area contributed by atoms with Crippen LogP contribution in [0.1, 0.15) is 0 Å². The number of pyridine rings is 2. The fraction of sp³-hybridized carbons (Fsp3) is 0. The fourth-order valence-corrected chi connectivity index (χ4v) is 2.85. The third kappa shape index (κ3) is 4.36. The lowest BCUT2D eigenvalue weighted by atomic mass is 10.1. The van der Waals surface area contributed by atoms with Gasteiger partial charge in [0.2, 0.25) is 0 Å². The summed E-state index contributed by atoms with van der Waals surface area (Å²) in [6.45, 7) is 0. The zero-order valence-corrected chi connectivity index (χ0v) is 16.0. The number of hydrogen-bond acceptors (Lipinski definition) is 6. The highest BCUT2D eigenvalue weighted by atomic mass is 35.5. The summed E-state index contributed by atoms with van der Waals surface area (Å²) in [4.78, 5) is 24.5. The molecule has 1 aromatic carbocycles. The molecule has 148 valence electrons. The third-order valence-electron chi connectivity index (χ3n) is 3.96. The highest BCUT2D eigenvalue weighted by molar-refractivity contribution is 6.30. The summed E-state index contributed by atoms with van der Waals surface area (Å²) in [5, 5.41) is 13.6. The van der Waals surface area contributed by atoms with Crippen LogP contribution in [0.25, 0.3) is 22.5 Å². The smallest absolute Gasteiger partial charge is 0.308 e. The van der Waals surface area contributed by atoms with E-state index >= 15 is 0 Å². The van der Waals surface area contributed by atoms with Gasteiger partial charge in [0.25, 0.3) is 5.95 Å². The molecule has 4 aromatic rings. The van der Waals surface area contributed by atoms with Gasteiger partial charge in [0.15, 0.2) is 5.82 Å². The first kappa shape index (κ1) is 19.3. The molecule has 0 aliphatic rings. The van der Waals surface area contributed by atoms with Crippen LogP contribution in [0.2, 0.25) is 5.02 Å². The van der Waals surface area contributed by atoms with E-state index in [-0.39, 0.29) is 17.2 Å². The second-order valence-electron chi connectivity index (χ2n) is 6.02. The largest absolute Gasteiger partial charge is 0.326 e. The maximum atomic E-state index is 14.3. The minimum absolute atomic E-state index is 0.0633. The van der Waals surface area contributed by atoms with Gasteiger partial charge in [0, 0.05) is 40.4 Å². The average Bonchev–Trinajstić information content (AvgIpc) is 2.75.